The Balaban J connectivity index is 2.00. The molecule has 0 bridgehead atoms. The number of aromatic nitrogens is 1. The lowest BCUT2D eigenvalue weighted by atomic mass is 10.2. The van der Waals surface area contributed by atoms with Crippen LogP contribution in [0.1, 0.15) is 21.9 Å². The number of carbonyl (C=O) groups is 1. The molecule has 22 heavy (non-hydrogen) atoms. The first-order valence-electron chi connectivity index (χ1n) is 6.67. The molecule has 2 aromatic rings. The summed E-state index contributed by atoms with van der Waals surface area (Å²) in [5, 5.41) is 5.65. The number of thiophene rings is 1. The minimum absolute atomic E-state index is 0.229. The molecule has 0 aliphatic rings. The van der Waals surface area contributed by atoms with Crippen molar-refractivity contribution < 1.29 is 17.7 Å². The minimum Gasteiger partial charge on any atom is -0.361 e. The van der Waals surface area contributed by atoms with Crippen molar-refractivity contribution in [2.75, 3.05) is 12.8 Å². The van der Waals surface area contributed by atoms with E-state index in [4.69, 9.17) is 4.52 Å². The Morgan fingerprint density at radius 1 is 1.41 bits per heavy atom. The molecular formula is C14H18N2O4S2. The molecule has 2 heterocycles. The maximum atomic E-state index is 12.2. The Labute approximate surface area is 133 Å². The molecule has 0 saturated carbocycles. The Kier molecular flexibility index (Phi) is 5.02. The van der Waals surface area contributed by atoms with Gasteiger partial charge in [-0.1, -0.05) is 11.2 Å². The van der Waals surface area contributed by atoms with E-state index in [1.165, 1.54) is 16.2 Å². The molecule has 2 rings (SSSR count). The van der Waals surface area contributed by atoms with Crippen LogP contribution in [0.3, 0.4) is 0 Å². The molecule has 0 spiro atoms. The molecule has 0 N–H and O–H groups in total. The summed E-state index contributed by atoms with van der Waals surface area (Å²) in [6.45, 7) is 3.76. The fraction of sp³-hybridized carbons (Fsp3) is 0.429. The first-order valence-corrected chi connectivity index (χ1v) is 9.37. The lowest BCUT2D eigenvalue weighted by Gasteiger charge is -2.16. The second-order valence-electron chi connectivity index (χ2n) is 5.16. The van der Waals surface area contributed by atoms with Crippen molar-refractivity contribution in [1.82, 2.24) is 10.1 Å². The van der Waals surface area contributed by atoms with Crippen LogP contribution < -0.4 is 0 Å². The molecule has 2 aromatic heterocycles. The zero-order valence-electron chi connectivity index (χ0n) is 12.7. The van der Waals surface area contributed by atoms with Gasteiger partial charge < -0.3 is 9.42 Å². The topological polar surface area (TPSA) is 80.5 Å². The van der Waals surface area contributed by atoms with Gasteiger partial charge in [-0.3, -0.25) is 4.79 Å². The lowest BCUT2D eigenvalue weighted by molar-refractivity contribution is -0.127. The van der Waals surface area contributed by atoms with Crippen molar-refractivity contribution in [2.45, 2.75) is 26.1 Å². The maximum Gasteiger partial charge on any atom is 0.237 e. The fourth-order valence-corrected chi connectivity index (χ4v) is 4.31. The zero-order valence-corrected chi connectivity index (χ0v) is 14.3. The molecule has 8 heteroatoms. The quantitative estimate of drug-likeness (QED) is 0.801. The average Bonchev–Trinajstić information content (AvgIpc) is 3.03. The van der Waals surface area contributed by atoms with Crippen LogP contribution in [0.2, 0.25) is 0 Å². The number of nitrogens with zero attached hydrogens (tertiary/aromatic N) is 2. The van der Waals surface area contributed by atoms with Crippen LogP contribution >= 0.6 is 11.3 Å². The third-order valence-electron chi connectivity index (χ3n) is 3.29. The molecule has 120 valence electrons. The normalized spacial score (nSPS) is 11.6. The summed E-state index contributed by atoms with van der Waals surface area (Å²) in [6.07, 6.45) is 0. The predicted molar refractivity (Wildman–Crippen MR) is 84.3 cm³/mol. The van der Waals surface area contributed by atoms with E-state index in [1.54, 1.807) is 20.9 Å². The van der Waals surface area contributed by atoms with Crippen LogP contribution in [0, 0.1) is 13.8 Å². The van der Waals surface area contributed by atoms with Gasteiger partial charge in [0.1, 0.15) is 11.5 Å². The summed E-state index contributed by atoms with van der Waals surface area (Å²) < 4.78 is 29.4. The molecule has 0 unspecified atom stereocenters. The van der Waals surface area contributed by atoms with Crippen molar-refractivity contribution in [2.24, 2.45) is 0 Å². The Bertz CT molecular complexity index is 728. The van der Waals surface area contributed by atoms with Gasteiger partial charge in [0.05, 0.1) is 18.0 Å². The van der Waals surface area contributed by atoms with E-state index in [2.05, 4.69) is 5.16 Å². The highest BCUT2D eigenvalue weighted by Gasteiger charge is 2.23. The standard InChI is InChI=1S/C14H18N2O4S2/c1-10-13(11(2)20-15-10)8-22(18,19)9-14(17)16(3)7-12-5-4-6-21-12/h4-6H,7-9H2,1-3H3. The van der Waals surface area contributed by atoms with Crippen LogP contribution in [0.5, 0.6) is 0 Å². The number of carbonyl (C=O) groups excluding carboxylic acids is 1. The van der Waals surface area contributed by atoms with E-state index in [-0.39, 0.29) is 5.75 Å². The van der Waals surface area contributed by atoms with E-state index >= 15 is 0 Å². The van der Waals surface area contributed by atoms with Crippen LogP contribution in [0.15, 0.2) is 22.0 Å². The van der Waals surface area contributed by atoms with Gasteiger partial charge in [0, 0.05) is 17.5 Å². The van der Waals surface area contributed by atoms with Crippen molar-refractivity contribution in [1.29, 1.82) is 0 Å². The van der Waals surface area contributed by atoms with Gasteiger partial charge in [-0.15, -0.1) is 11.3 Å². The Hall–Kier alpha value is -1.67. The molecule has 0 radical (unpaired) electrons. The van der Waals surface area contributed by atoms with Gasteiger partial charge in [0.15, 0.2) is 9.84 Å². The van der Waals surface area contributed by atoms with Crippen molar-refractivity contribution in [3.63, 3.8) is 0 Å². The molecule has 0 saturated heterocycles. The minimum atomic E-state index is -3.56. The lowest BCUT2D eigenvalue weighted by Crippen LogP contribution is -2.32. The number of hydrogen-bond acceptors (Lipinski definition) is 6. The van der Waals surface area contributed by atoms with Gasteiger partial charge >= 0.3 is 0 Å². The first-order chi connectivity index (χ1) is 10.3. The molecule has 0 atom stereocenters. The molecule has 0 fully saturated rings. The van der Waals surface area contributed by atoms with Gasteiger partial charge in [-0.25, -0.2) is 8.42 Å². The highest BCUT2D eigenvalue weighted by Crippen LogP contribution is 2.17. The second kappa shape index (κ2) is 6.62. The average molecular weight is 342 g/mol. The largest absolute Gasteiger partial charge is 0.361 e. The van der Waals surface area contributed by atoms with E-state index < -0.39 is 21.5 Å². The van der Waals surface area contributed by atoms with E-state index in [1.807, 2.05) is 17.5 Å². The van der Waals surface area contributed by atoms with E-state index in [9.17, 15) is 13.2 Å². The fourth-order valence-electron chi connectivity index (χ4n) is 2.00. The third-order valence-corrected chi connectivity index (χ3v) is 5.56. The van der Waals surface area contributed by atoms with Crippen LogP contribution in [-0.2, 0) is 26.9 Å². The zero-order chi connectivity index (χ0) is 16.3. The van der Waals surface area contributed by atoms with Crippen molar-refractivity contribution >= 4 is 27.1 Å². The highest BCUT2D eigenvalue weighted by molar-refractivity contribution is 7.91. The van der Waals surface area contributed by atoms with Crippen molar-refractivity contribution in [3.8, 4) is 0 Å². The monoisotopic (exact) mass is 342 g/mol. The molecular weight excluding hydrogens is 324 g/mol. The predicted octanol–water partition coefficient (Wildman–Crippen LogP) is 1.93. The van der Waals surface area contributed by atoms with Gasteiger partial charge in [-0.2, -0.15) is 0 Å². The summed E-state index contributed by atoms with van der Waals surface area (Å²) in [6, 6.07) is 3.80. The number of aryl methyl sites for hydroxylation is 2. The van der Waals surface area contributed by atoms with E-state index in [0.717, 1.165) is 4.88 Å². The van der Waals surface area contributed by atoms with E-state index in [0.29, 0.717) is 23.6 Å². The number of rotatable bonds is 6. The molecule has 0 aromatic carbocycles. The van der Waals surface area contributed by atoms with Gasteiger partial charge in [0.2, 0.25) is 5.91 Å². The number of amides is 1. The molecule has 0 aliphatic carbocycles. The summed E-state index contributed by atoms with van der Waals surface area (Å²) in [5.41, 5.74) is 1.08. The van der Waals surface area contributed by atoms with Gasteiger partial charge in [0.25, 0.3) is 0 Å². The smallest absolute Gasteiger partial charge is 0.237 e. The number of hydrogen-bond donors (Lipinski definition) is 0. The Morgan fingerprint density at radius 3 is 2.68 bits per heavy atom. The third kappa shape index (κ3) is 4.17. The van der Waals surface area contributed by atoms with Crippen LogP contribution in [-0.4, -0.2) is 37.2 Å². The molecule has 6 nitrogen and oxygen atoms in total. The van der Waals surface area contributed by atoms with Crippen LogP contribution in [0.25, 0.3) is 0 Å². The van der Waals surface area contributed by atoms with Crippen molar-refractivity contribution in [3.05, 3.63) is 39.4 Å². The highest BCUT2D eigenvalue weighted by atomic mass is 32.2. The summed E-state index contributed by atoms with van der Waals surface area (Å²) >= 11 is 1.53. The van der Waals surface area contributed by atoms with Crippen LogP contribution in [0.4, 0.5) is 0 Å². The number of sulfone groups is 1. The van der Waals surface area contributed by atoms with Gasteiger partial charge in [-0.05, 0) is 25.3 Å². The second-order valence-corrected chi connectivity index (χ2v) is 8.26. The molecule has 0 aliphatic heterocycles. The maximum absolute atomic E-state index is 12.2. The summed E-state index contributed by atoms with van der Waals surface area (Å²) in [4.78, 5) is 14.5. The SMILES string of the molecule is Cc1noc(C)c1CS(=O)(=O)CC(=O)N(C)Cc1cccs1. The first kappa shape index (κ1) is 16.7. The summed E-state index contributed by atoms with van der Waals surface area (Å²) in [5.74, 6) is -0.688. The molecule has 1 amide bonds. The summed E-state index contributed by atoms with van der Waals surface area (Å²) in [7, 11) is -1.96. The Morgan fingerprint density at radius 2 is 2.14 bits per heavy atom.